The number of amides is 1. The van der Waals surface area contributed by atoms with Crippen LogP contribution in [-0.2, 0) is 4.79 Å². The molecule has 1 aliphatic rings. The number of carbonyl (C=O) groups excluding carboxylic acids is 1. The van der Waals surface area contributed by atoms with Crippen molar-refractivity contribution >= 4 is 5.91 Å². The van der Waals surface area contributed by atoms with Gasteiger partial charge in [0.2, 0.25) is 5.91 Å². The standard InChI is InChI=1S/C18H36N2O/c1-3-4-5-6-7-8-9-10-11-12-18(21)20-16(2)17-13-14-19-15-17/h16-17,19H,3-15H2,1-2H3,(H,20,21). The molecule has 0 aromatic heterocycles. The first-order valence-electron chi connectivity index (χ1n) is 9.24. The maximum atomic E-state index is 11.9. The van der Waals surface area contributed by atoms with E-state index >= 15 is 0 Å². The molecule has 3 heteroatoms. The van der Waals surface area contributed by atoms with Crippen molar-refractivity contribution in [2.24, 2.45) is 5.92 Å². The summed E-state index contributed by atoms with van der Waals surface area (Å²) in [4.78, 5) is 11.9. The summed E-state index contributed by atoms with van der Waals surface area (Å²) in [6.07, 6.45) is 13.7. The van der Waals surface area contributed by atoms with Crippen LogP contribution in [0.1, 0.15) is 84.5 Å². The molecule has 2 atom stereocenters. The van der Waals surface area contributed by atoms with Gasteiger partial charge in [0, 0.05) is 12.5 Å². The largest absolute Gasteiger partial charge is 0.353 e. The highest BCUT2D eigenvalue weighted by atomic mass is 16.1. The van der Waals surface area contributed by atoms with Gasteiger partial charge in [0.25, 0.3) is 0 Å². The second kappa shape index (κ2) is 12.0. The fraction of sp³-hybridized carbons (Fsp3) is 0.944. The monoisotopic (exact) mass is 296 g/mol. The third kappa shape index (κ3) is 9.13. The van der Waals surface area contributed by atoms with Gasteiger partial charge >= 0.3 is 0 Å². The van der Waals surface area contributed by atoms with Crippen molar-refractivity contribution in [2.45, 2.75) is 90.5 Å². The van der Waals surface area contributed by atoms with Crippen LogP contribution >= 0.6 is 0 Å². The minimum absolute atomic E-state index is 0.248. The second-order valence-corrected chi connectivity index (χ2v) is 6.69. The van der Waals surface area contributed by atoms with Gasteiger partial charge in [-0.2, -0.15) is 0 Å². The summed E-state index contributed by atoms with van der Waals surface area (Å²) in [7, 11) is 0. The van der Waals surface area contributed by atoms with Gasteiger partial charge in [-0.05, 0) is 38.8 Å². The van der Waals surface area contributed by atoms with E-state index in [9.17, 15) is 4.79 Å². The maximum Gasteiger partial charge on any atom is 0.220 e. The van der Waals surface area contributed by atoms with Gasteiger partial charge in [-0.15, -0.1) is 0 Å². The van der Waals surface area contributed by atoms with E-state index < -0.39 is 0 Å². The molecule has 2 N–H and O–H groups in total. The Hall–Kier alpha value is -0.570. The Labute approximate surface area is 131 Å². The molecule has 1 rings (SSSR count). The predicted molar refractivity (Wildman–Crippen MR) is 90.4 cm³/mol. The van der Waals surface area contributed by atoms with Gasteiger partial charge in [-0.25, -0.2) is 0 Å². The molecule has 1 heterocycles. The van der Waals surface area contributed by atoms with Crippen LogP contribution in [-0.4, -0.2) is 25.0 Å². The highest BCUT2D eigenvalue weighted by Crippen LogP contribution is 2.13. The molecule has 0 bridgehead atoms. The summed E-state index contributed by atoms with van der Waals surface area (Å²) >= 11 is 0. The van der Waals surface area contributed by atoms with Crippen LogP contribution in [0.2, 0.25) is 0 Å². The first kappa shape index (κ1) is 18.5. The van der Waals surface area contributed by atoms with Crippen LogP contribution in [0.4, 0.5) is 0 Å². The number of unbranched alkanes of at least 4 members (excludes halogenated alkanes) is 8. The average Bonchev–Trinajstić information content (AvgIpc) is 3.00. The van der Waals surface area contributed by atoms with Crippen molar-refractivity contribution in [2.75, 3.05) is 13.1 Å². The lowest BCUT2D eigenvalue weighted by Crippen LogP contribution is -2.38. The van der Waals surface area contributed by atoms with Crippen LogP contribution in [0.3, 0.4) is 0 Å². The Morgan fingerprint density at radius 2 is 1.71 bits per heavy atom. The van der Waals surface area contributed by atoms with Gasteiger partial charge in [-0.3, -0.25) is 4.79 Å². The van der Waals surface area contributed by atoms with Gasteiger partial charge in [0.15, 0.2) is 0 Å². The summed E-state index contributed by atoms with van der Waals surface area (Å²) in [5.41, 5.74) is 0. The Morgan fingerprint density at radius 1 is 1.10 bits per heavy atom. The fourth-order valence-electron chi connectivity index (χ4n) is 3.14. The van der Waals surface area contributed by atoms with Crippen LogP contribution in [0.5, 0.6) is 0 Å². The average molecular weight is 296 g/mol. The first-order chi connectivity index (χ1) is 10.2. The van der Waals surface area contributed by atoms with E-state index in [1.54, 1.807) is 0 Å². The highest BCUT2D eigenvalue weighted by molar-refractivity contribution is 5.76. The Bertz CT molecular complexity index is 262. The minimum atomic E-state index is 0.248. The Kier molecular flexibility index (Phi) is 10.6. The second-order valence-electron chi connectivity index (χ2n) is 6.69. The molecular formula is C18H36N2O. The number of hydrogen-bond donors (Lipinski definition) is 2. The van der Waals surface area contributed by atoms with E-state index in [0.29, 0.717) is 18.4 Å². The summed E-state index contributed by atoms with van der Waals surface area (Å²) in [5, 5.41) is 6.53. The lowest BCUT2D eigenvalue weighted by atomic mass is 10.0. The molecule has 1 amide bonds. The summed E-state index contributed by atoms with van der Waals surface area (Å²) in [5.74, 6) is 0.870. The van der Waals surface area contributed by atoms with E-state index in [2.05, 4.69) is 24.5 Å². The van der Waals surface area contributed by atoms with Gasteiger partial charge in [-0.1, -0.05) is 58.3 Å². The van der Waals surface area contributed by atoms with Crippen molar-refractivity contribution in [1.29, 1.82) is 0 Å². The molecule has 0 aromatic rings. The van der Waals surface area contributed by atoms with Gasteiger partial charge < -0.3 is 10.6 Å². The van der Waals surface area contributed by atoms with Crippen LogP contribution in [0.15, 0.2) is 0 Å². The lowest BCUT2D eigenvalue weighted by Gasteiger charge is -2.19. The normalized spacial score (nSPS) is 19.6. The van der Waals surface area contributed by atoms with E-state index in [0.717, 1.165) is 19.5 Å². The fourth-order valence-corrected chi connectivity index (χ4v) is 3.14. The van der Waals surface area contributed by atoms with Crippen molar-refractivity contribution in [3.05, 3.63) is 0 Å². The molecule has 124 valence electrons. The molecule has 0 aromatic carbocycles. The van der Waals surface area contributed by atoms with E-state index in [1.165, 1.54) is 57.8 Å². The minimum Gasteiger partial charge on any atom is -0.353 e. The Morgan fingerprint density at radius 3 is 2.29 bits per heavy atom. The SMILES string of the molecule is CCCCCCCCCCCC(=O)NC(C)C1CCNC1. The summed E-state index contributed by atoms with van der Waals surface area (Å²) < 4.78 is 0. The van der Waals surface area contributed by atoms with E-state index in [4.69, 9.17) is 0 Å². The van der Waals surface area contributed by atoms with E-state index in [1.807, 2.05) is 0 Å². The number of rotatable bonds is 12. The summed E-state index contributed by atoms with van der Waals surface area (Å²) in [6, 6.07) is 0.325. The highest BCUT2D eigenvalue weighted by Gasteiger charge is 2.22. The zero-order valence-electron chi connectivity index (χ0n) is 14.3. The van der Waals surface area contributed by atoms with Crippen molar-refractivity contribution in [3.8, 4) is 0 Å². The molecule has 0 aliphatic carbocycles. The van der Waals surface area contributed by atoms with Gasteiger partial charge in [0.05, 0.1) is 0 Å². The van der Waals surface area contributed by atoms with Crippen LogP contribution < -0.4 is 10.6 Å². The lowest BCUT2D eigenvalue weighted by molar-refractivity contribution is -0.122. The molecule has 1 aliphatic heterocycles. The van der Waals surface area contributed by atoms with E-state index in [-0.39, 0.29) is 5.91 Å². The molecule has 2 unspecified atom stereocenters. The number of hydrogen-bond acceptors (Lipinski definition) is 2. The molecular weight excluding hydrogens is 260 g/mol. The smallest absolute Gasteiger partial charge is 0.220 e. The van der Waals surface area contributed by atoms with Crippen LogP contribution in [0, 0.1) is 5.92 Å². The molecule has 3 nitrogen and oxygen atoms in total. The molecule has 1 fully saturated rings. The quantitative estimate of drug-likeness (QED) is 0.534. The van der Waals surface area contributed by atoms with Crippen molar-refractivity contribution in [1.82, 2.24) is 10.6 Å². The molecule has 0 spiro atoms. The topological polar surface area (TPSA) is 41.1 Å². The van der Waals surface area contributed by atoms with Gasteiger partial charge in [0.1, 0.15) is 0 Å². The third-order valence-corrected chi connectivity index (χ3v) is 4.70. The molecule has 0 saturated carbocycles. The van der Waals surface area contributed by atoms with Crippen molar-refractivity contribution in [3.63, 3.8) is 0 Å². The Balaban J connectivity index is 1.89. The zero-order chi connectivity index (χ0) is 15.3. The molecule has 21 heavy (non-hydrogen) atoms. The molecule has 1 saturated heterocycles. The number of nitrogens with one attached hydrogen (secondary N) is 2. The molecule has 0 radical (unpaired) electrons. The predicted octanol–water partition coefficient (Wildman–Crippen LogP) is 4.02. The van der Waals surface area contributed by atoms with Crippen LogP contribution in [0.25, 0.3) is 0 Å². The van der Waals surface area contributed by atoms with Crippen molar-refractivity contribution < 1.29 is 4.79 Å². The summed E-state index contributed by atoms with van der Waals surface area (Å²) in [6.45, 7) is 6.56. The first-order valence-corrected chi connectivity index (χ1v) is 9.24. The number of carbonyl (C=O) groups is 1. The zero-order valence-corrected chi connectivity index (χ0v) is 14.3. The maximum absolute atomic E-state index is 11.9. The third-order valence-electron chi connectivity index (χ3n) is 4.70.